The normalized spacial score (nSPS) is 24.0. The average molecular weight is 267 g/mol. The maximum absolute atomic E-state index is 12.0. The molecule has 0 saturated carbocycles. The maximum atomic E-state index is 12.0. The van der Waals surface area contributed by atoms with Gasteiger partial charge in [0, 0.05) is 32.6 Å². The van der Waals surface area contributed by atoms with Crippen LogP contribution in [-0.2, 0) is 9.59 Å². The molecular weight excluding hydrogens is 242 g/mol. The lowest BCUT2D eigenvalue weighted by Gasteiger charge is -2.20. The molecule has 19 heavy (non-hydrogen) atoms. The van der Waals surface area contributed by atoms with Crippen molar-refractivity contribution in [3.05, 3.63) is 0 Å². The Kier molecular flexibility index (Phi) is 5.63. The molecule has 2 fully saturated rings. The number of likely N-dealkylation sites (tertiary alicyclic amines) is 1. The summed E-state index contributed by atoms with van der Waals surface area (Å²) in [5, 5.41) is 6.06. The number of hydrogen-bond donors (Lipinski definition) is 2. The number of amides is 2. The molecule has 1 unspecified atom stereocenters. The SMILES string of the molecule is O=C(NCCC(=O)N1CCCCCC1)C1CCNC1. The average Bonchev–Trinajstić information content (AvgIpc) is 2.81. The van der Waals surface area contributed by atoms with E-state index in [0.717, 1.165) is 45.4 Å². The summed E-state index contributed by atoms with van der Waals surface area (Å²) in [6.07, 6.45) is 6.04. The molecule has 2 rings (SSSR count). The lowest BCUT2D eigenvalue weighted by molar-refractivity contribution is -0.131. The lowest BCUT2D eigenvalue weighted by Crippen LogP contribution is -2.37. The van der Waals surface area contributed by atoms with Crippen LogP contribution >= 0.6 is 0 Å². The van der Waals surface area contributed by atoms with E-state index in [4.69, 9.17) is 0 Å². The Morgan fingerprint density at radius 1 is 1.16 bits per heavy atom. The highest BCUT2D eigenvalue weighted by atomic mass is 16.2. The van der Waals surface area contributed by atoms with Crippen LogP contribution in [0, 0.1) is 5.92 Å². The van der Waals surface area contributed by atoms with Gasteiger partial charge in [0.25, 0.3) is 0 Å². The maximum Gasteiger partial charge on any atom is 0.224 e. The molecule has 2 saturated heterocycles. The van der Waals surface area contributed by atoms with Crippen molar-refractivity contribution in [2.24, 2.45) is 5.92 Å². The van der Waals surface area contributed by atoms with E-state index in [1.807, 2.05) is 4.90 Å². The molecule has 0 spiro atoms. The largest absolute Gasteiger partial charge is 0.355 e. The molecule has 2 N–H and O–H groups in total. The van der Waals surface area contributed by atoms with Gasteiger partial charge in [0.15, 0.2) is 0 Å². The molecule has 0 aliphatic carbocycles. The molecular formula is C14H25N3O2. The number of hydrogen-bond acceptors (Lipinski definition) is 3. The standard InChI is InChI=1S/C14H25N3O2/c18-13(17-9-3-1-2-4-10-17)6-8-16-14(19)12-5-7-15-11-12/h12,15H,1-11H2,(H,16,19). The second kappa shape index (κ2) is 7.48. The minimum absolute atomic E-state index is 0.0910. The second-order valence-electron chi connectivity index (χ2n) is 5.53. The zero-order valence-corrected chi connectivity index (χ0v) is 11.6. The minimum atomic E-state index is 0.0910. The van der Waals surface area contributed by atoms with E-state index in [2.05, 4.69) is 10.6 Å². The number of rotatable bonds is 4. The summed E-state index contributed by atoms with van der Waals surface area (Å²) in [5.74, 6) is 0.369. The van der Waals surface area contributed by atoms with E-state index in [9.17, 15) is 9.59 Å². The summed E-state index contributed by atoms with van der Waals surface area (Å²) in [7, 11) is 0. The minimum Gasteiger partial charge on any atom is -0.355 e. The van der Waals surface area contributed by atoms with Crippen LogP contribution < -0.4 is 10.6 Å². The summed E-state index contributed by atoms with van der Waals surface area (Å²) in [6, 6.07) is 0. The number of nitrogens with zero attached hydrogens (tertiary/aromatic N) is 1. The Morgan fingerprint density at radius 3 is 2.53 bits per heavy atom. The molecule has 0 radical (unpaired) electrons. The molecule has 5 nitrogen and oxygen atoms in total. The Labute approximate surface area is 115 Å². The molecule has 2 aliphatic heterocycles. The van der Waals surface area contributed by atoms with E-state index in [1.54, 1.807) is 0 Å². The molecule has 1 atom stereocenters. The molecule has 5 heteroatoms. The highest BCUT2D eigenvalue weighted by Gasteiger charge is 2.22. The van der Waals surface area contributed by atoms with Gasteiger partial charge in [-0.15, -0.1) is 0 Å². The fourth-order valence-corrected chi connectivity index (χ4v) is 2.79. The van der Waals surface area contributed by atoms with E-state index in [1.165, 1.54) is 12.8 Å². The van der Waals surface area contributed by atoms with Gasteiger partial charge in [-0.1, -0.05) is 12.8 Å². The third-order valence-corrected chi connectivity index (χ3v) is 4.03. The van der Waals surface area contributed by atoms with Crippen LogP contribution in [0.5, 0.6) is 0 Å². The molecule has 0 aromatic heterocycles. The van der Waals surface area contributed by atoms with Crippen LogP contribution in [0.2, 0.25) is 0 Å². The highest BCUT2D eigenvalue weighted by Crippen LogP contribution is 2.10. The predicted molar refractivity (Wildman–Crippen MR) is 73.7 cm³/mol. The van der Waals surface area contributed by atoms with Crippen molar-refractivity contribution in [1.29, 1.82) is 0 Å². The van der Waals surface area contributed by atoms with Crippen molar-refractivity contribution in [3.8, 4) is 0 Å². The predicted octanol–water partition coefficient (Wildman–Crippen LogP) is 0.505. The molecule has 0 aromatic rings. The van der Waals surface area contributed by atoms with Gasteiger partial charge in [0.1, 0.15) is 0 Å². The molecule has 0 bridgehead atoms. The number of nitrogens with one attached hydrogen (secondary N) is 2. The van der Waals surface area contributed by atoms with Gasteiger partial charge >= 0.3 is 0 Å². The first-order valence-electron chi connectivity index (χ1n) is 7.53. The van der Waals surface area contributed by atoms with Gasteiger partial charge in [-0.2, -0.15) is 0 Å². The van der Waals surface area contributed by atoms with Gasteiger partial charge in [0.05, 0.1) is 5.92 Å². The van der Waals surface area contributed by atoms with E-state index in [0.29, 0.717) is 13.0 Å². The van der Waals surface area contributed by atoms with Crippen LogP contribution in [0.25, 0.3) is 0 Å². The fourth-order valence-electron chi connectivity index (χ4n) is 2.79. The molecule has 0 aromatic carbocycles. The van der Waals surface area contributed by atoms with Crippen LogP contribution in [-0.4, -0.2) is 49.4 Å². The first-order valence-corrected chi connectivity index (χ1v) is 7.53. The van der Waals surface area contributed by atoms with E-state index < -0.39 is 0 Å². The van der Waals surface area contributed by atoms with Crippen molar-refractivity contribution in [2.45, 2.75) is 38.5 Å². The molecule has 2 aliphatic rings. The van der Waals surface area contributed by atoms with Crippen molar-refractivity contribution >= 4 is 11.8 Å². The number of carbonyl (C=O) groups excluding carboxylic acids is 2. The van der Waals surface area contributed by atoms with E-state index >= 15 is 0 Å². The van der Waals surface area contributed by atoms with Gasteiger partial charge in [0.2, 0.25) is 11.8 Å². The quantitative estimate of drug-likeness (QED) is 0.780. The Bertz CT molecular complexity index is 306. The van der Waals surface area contributed by atoms with Crippen molar-refractivity contribution in [1.82, 2.24) is 15.5 Å². The van der Waals surface area contributed by atoms with Crippen molar-refractivity contribution in [3.63, 3.8) is 0 Å². The summed E-state index contributed by atoms with van der Waals surface area (Å²) in [6.45, 7) is 3.94. The highest BCUT2D eigenvalue weighted by molar-refractivity contribution is 5.81. The third kappa shape index (κ3) is 4.49. The zero-order valence-electron chi connectivity index (χ0n) is 11.6. The lowest BCUT2D eigenvalue weighted by atomic mass is 10.1. The zero-order chi connectivity index (χ0) is 13.5. The monoisotopic (exact) mass is 267 g/mol. The van der Waals surface area contributed by atoms with Crippen LogP contribution in [0.15, 0.2) is 0 Å². The topological polar surface area (TPSA) is 61.4 Å². The van der Waals surface area contributed by atoms with E-state index in [-0.39, 0.29) is 17.7 Å². The Morgan fingerprint density at radius 2 is 1.89 bits per heavy atom. The second-order valence-corrected chi connectivity index (χ2v) is 5.53. The summed E-state index contributed by atoms with van der Waals surface area (Å²) in [4.78, 5) is 25.8. The smallest absolute Gasteiger partial charge is 0.224 e. The van der Waals surface area contributed by atoms with Gasteiger partial charge in [-0.05, 0) is 25.8 Å². The number of carbonyl (C=O) groups is 2. The first-order chi connectivity index (χ1) is 9.27. The van der Waals surface area contributed by atoms with Crippen molar-refractivity contribution < 1.29 is 9.59 Å². The molecule has 108 valence electrons. The van der Waals surface area contributed by atoms with Crippen LogP contribution in [0.4, 0.5) is 0 Å². The summed E-state index contributed by atoms with van der Waals surface area (Å²) >= 11 is 0. The van der Waals surface area contributed by atoms with Crippen LogP contribution in [0.3, 0.4) is 0 Å². The third-order valence-electron chi connectivity index (χ3n) is 4.03. The Balaban J connectivity index is 1.63. The summed E-state index contributed by atoms with van der Waals surface area (Å²) in [5.41, 5.74) is 0. The molecule has 2 heterocycles. The van der Waals surface area contributed by atoms with Gasteiger partial charge in [-0.3, -0.25) is 9.59 Å². The van der Waals surface area contributed by atoms with Gasteiger partial charge in [-0.25, -0.2) is 0 Å². The van der Waals surface area contributed by atoms with Crippen LogP contribution in [0.1, 0.15) is 38.5 Å². The first kappa shape index (κ1) is 14.3. The van der Waals surface area contributed by atoms with Gasteiger partial charge < -0.3 is 15.5 Å². The molecule has 2 amide bonds. The Hall–Kier alpha value is -1.10. The summed E-state index contributed by atoms with van der Waals surface area (Å²) < 4.78 is 0. The van der Waals surface area contributed by atoms with Crippen molar-refractivity contribution in [2.75, 3.05) is 32.7 Å². The fraction of sp³-hybridized carbons (Fsp3) is 0.857.